The Labute approximate surface area is 108 Å². The summed E-state index contributed by atoms with van der Waals surface area (Å²) >= 11 is 6.27. The van der Waals surface area contributed by atoms with Gasteiger partial charge in [-0.3, -0.25) is 11.3 Å². The van der Waals surface area contributed by atoms with E-state index in [0.717, 1.165) is 22.4 Å². The van der Waals surface area contributed by atoms with Gasteiger partial charge in [-0.2, -0.15) is 0 Å². The van der Waals surface area contributed by atoms with Crippen LogP contribution < -0.4 is 11.3 Å². The summed E-state index contributed by atoms with van der Waals surface area (Å²) < 4.78 is 0. The quantitative estimate of drug-likeness (QED) is 0.638. The average molecular weight is 251 g/mol. The molecule has 3 N–H and O–H groups in total. The molecule has 3 rings (SSSR count). The molecule has 3 atom stereocenters. The third-order valence-corrected chi connectivity index (χ3v) is 4.87. The molecule has 92 valence electrons. The molecule has 2 aliphatic rings. The Hall–Kier alpha value is -0.570. The van der Waals surface area contributed by atoms with E-state index < -0.39 is 0 Å². The van der Waals surface area contributed by atoms with Gasteiger partial charge in [0.05, 0.1) is 6.04 Å². The van der Waals surface area contributed by atoms with Gasteiger partial charge in [0.2, 0.25) is 0 Å². The lowest BCUT2D eigenvalue weighted by Crippen LogP contribution is -2.30. The van der Waals surface area contributed by atoms with Crippen molar-refractivity contribution in [2.24, 2.45) is 23.6 Å². The van der Waals surface area contributed by atoms with E-state index in [1.807, 2.05) is 18.2 Å². The van der Waals surface area contributed by atoms with E-state index in [1.54, 1.807) is 0 Å². The first-order valence-corrected chi connectivity index (χ1v) is 6.91. The lowest BCUT2D eigenvalue weighted by Gasteiger charge is -2.18. The van der Waals surface area contributed by atoms with Crippen molar-refractivity contribution >= 4 is 11.6 Å². The Morgan fingerprint density at radius 1 is 1.18 bits per heavy atom. The summed E-state index contributed by atoms with van der Waals surface area (Å²) in [6.07, 6.45) is 5.52. The molecule has 0 bridgehead atoms. The second-order valence-corrected chi connectivity index (χ2v) is 5.76. The average Bonchev–Trinajstić information content (AvgIpc) is 3.07. The molecule has 17 heavy (non-hydrogen) atoms. The van der Waals surface area contributed by atoms with Crippen LogP contribution in [0.2, 0.25) is 5.02 Å². The van der Waals surface area contributed by atoms with Gasteiger partial charge >= 0.3 is 0 Å². The molecule has 0 radical (unpaired) electrons. The van der Waals surface area contributed by atoms with Gasteiger partial charge in [-0.1, -0.05) is 42.6 Å². The van der Waals surface area contributed by atoms with Crippen molar-refractivity contribution in [3.8, 4) is 0 Å². The van der Waals surface area contributed by atoms with E-state index >= 15 is 0 Å². The van der Waals surface area contributed by atoms with Crippen LogP contribution >= 0.6 is 11.6 Å². The Balaban J connectivity index is 1.83. The zero-order chi connectivity index (χ0) is 11.8. The molecule has 0 spiro atoms. The van der Waals surface area contributed by atoms with Crippen LogP contribution in [0.5, 0.6) is 0 Å². The van der Waals surface area contributed by atoms with Crippen LogP contribution in [0.15, 0.2) is 24.3 Å². The standard InChI is InChI=1S/C14H19ClN2/c15-12-8-4-3-7-11(12)14(17-16)13-9-5-1-2-6-10(9)13/h3-4,7-10,13-14,17H,1-2,5-6,16H2. The van der Waals surface area contributed by atoms with Crippen molar-refractivity contribution in [1.82, 2.24) is 5.43 Å². The Morgan fingerprint density at radius 2 is 1.82 bits per heavy atom. The predicted octanol–water partition coefficient (Wildman–Crippen LogP) is 3.28. The summed E-state index contributed by atoms with van der Waals surface area (Å²) in [6.45, 7) is 0. The number of halogens is 1. The molecule has 0 aromatic heterocycles. The van der Waals surface area contributed by atoms with Crippen LogP contribution in [0.4, 0.5) is 0 Å². The third kappa shape index (κ3) is 1.99. The molecule has 3 heteroatoms. The molecule has 1 aromatic rings. The van der Waals surface area contributed by atoms with Crippen LogP contribution in [-0.2, 0) is 0 Å². The van der Waals surface area contributed by atoms with E-state index in [4.69, 9.17) is 17.4 Å². The summed E-state index contributed by atoms with van der Waals surface area (Å²) in [5, 5.41) is 0.832. The van der Waals surface area contributed by atoms with Gasteiger partial charge in [0.25, 0.3) is 0 Å². The Bertz CT molecular complexity index is 395. The first-order valence-electron chi connectivity index (χ1n) is 6.53. The number of rotatable bonds is 3. The van der Waals surface area contributed by atoms with Crippen molar-refractivity contribution in [3.05, 3.63) is 34.9 Å². The molecule has 1 aromatic carbocycles. The molecular formula is C14H19ClN2. The summed E-state index contributed by atoms with van der Waals surface area (Å²) in [5.74, 6) is 8.21. The van der Waals surface area contributed by atoms with Crippen LogP contribution in [0.3, 0.4) is 0 Å². The third-order valence-electron chi connectivity index (χ3n) is 4.53. The van der Waals surface area contributed by atoms with Crippen molar-refractivity contribution in [2.75, 3.05) is 0 Å². The zero-order valence-corrected chi connectivity index (χ0v) is 10.7. The lowest BCUT2D eigenvalue weighted by molar-refractivity contribution is 0.456. The highest BCUT2D eigenvalue weighted by molar-refractivity contribution is 6.31. The molecule has 0 aliphatic heterocycles. The van der Waals surface area contributed by atoms with Crippen LogP contribution in [0, 0.1) is 17.8 Å². The fourth-order valence-corrected chi connectivity index (χ4v) is 3.93. The number of benzene rings is 1. The van der Waals surface area contributed by atoms with Crippen LogP contribution in [0.1, 0.15) is 37.3 Å². The van der Waals surface area contributed by atoms with Gasteiger partial charge in [0, 0.05) is 5.02 Å². The maximum atomic E-state index is 6.27. The topological polar surface area (TPSA) is 38.0 Å². The smallest absolute Gasteiger partial charge is 0.0508 e. The van der Waals surface area contributed by atoms with Crippen LogP contribution in [0.25, 0.3) is 0 Å². The maximum Gasteiger partial charge on any atom is 0.0508 e. The fraction of sp³-hybridized carbons (Fsp3) is 0.571. The lowest BCUT2D eigenvalue weighted by atomic mass is 10.0. The van der Waals surface area contributed by atoms with Gasteiger partial charge < -0.3 is 0 Å². The van der Waals surface area contributed by atoms with E-state index in [2.05, 4.69) is 11.5 Å². The summed E-state index contributed by atoms with van der Waals surface area (Å²) in [5.41, 5.74) is 4.16. The Kier molecular flexibility index (Phi) is 3.12. The summed E-state index contributed by atoms with van der Waals surface area (Å²) in [7, 11) is 0. The van der Waals surface area contributed by atoms with E-state index in [0.29, 0.717) is 5.92 Å². The van der Waals surface area contributed by atoms with E-state index in [-0.39, 0.29) is 6.04 Å². The number of hydrogen-bond acceptors (Lipinski definition) is 2. The van der Waals surface area contributed by atoms with Crippen molar-refractivity contribution in [1.29, 1.82) is 0 Å². The second-order valence-electron chi connectivity index (χ2n) is 5.36. The maximum absolute atomic E-state index is 6.27. The molecule has 3 unspecified atom stereocenters. The minimum absolute atomic E-state index is 0.233. The molecule has 0 amide bonds. The molecule has 2 nitrogen and oxygen atoms in total. The summed E-state index contributed by atoms with van der Waals surface area (Å²) in [4.78, 5) is 0. The largest absolute Gasteiger partial charge is 0.271 e. The monoisotopic (exact) mass is 250 g/mol. The second kappa shape index (κ2) is 4.60. The van der Waals surface area contributed by atoms with Crippen molar-refractivity contribution < 1.29 is 0 Å². The molecule has 2 saturated carbocycles. The highest BCUT2D eigenvalue weighted by atomic mass is 35.5. The molecule has 2 aliphatic carbocycles. The normalized spacial score (nSPS) is 32.9. The number of hydrazine groups is 1. The van der Waals surface area contributed by atoms with Gasteiger partial charge in [0.15, 0.2) is 0 Å². The summed E-state index contributed by atoms with van der Waals surface area (Å²) in [6, 6.07) is 8.29. The van der Waals surface area contributed by atoms with Gasteiger partial charge in [-0.05, 0) is 42.2 Å². The Morgan fingerprint density at radius 3 is 2.41 bits per heavy atom. The molecule has 0 heterocycles. The van der Waals surface area contributed by atoms with Gasteiger partial charge in [-0.25, -0.2) is 0 Å². The minimum atomic E-state index is 0.233. The number of hydrogen-bond donors (Lipinski definition) is 2. The highest BCUT2D eigenvalue weighted by Crippen LogP contribution is 2.60. The SMILES string of the molecule is NNC(c1ccccc1Cl)C1C2CCCCC21. The predicted molar refractivity (Wildman–Crippen MR) is 70.5 cm³/mol. The zero-order valence-electron chi connectivity index (χ0n) is 9.90. The molecule has 0 saturated heterocycles. The molecule has 2 fully saturated rings. The fourth-order valence-electron chi connectivity index (χ4n) is 3.68. The minimum Gasteiger partial charge on any atom is -0.271 e. The van der Waals surface area contributed by atoms with E-state index in [9.17, 15) is 0 Å². The number of fused-ring (bicyclic) bond motifs is 1. The first-order chi connectivity index (χ1) is 8.33. The first kappa shape index (κ1) is 11.5. The van der Waals surface area contributed by atoms with Crippen LogP contribution in [-0.4, -0.2) is 0 Å². The van der Waals surface area contributed by atoms with Crippen molar-refractivity contribution in [3.63, 3.8) is 0 Å². The van der Waals surface area contributed by atoms with E-state index in [1.165, 1.54) is 25.7 Å². The number of nitrogens with two attached hydrogens (primary N) is 1. The van der Waals surface area contributed by atoms with Gasteiger partial charge in [-0.15, -0.1) is 0 Å². The highest BCUT2D eigenvalue weighted by Gasteiger charge is 2.54. The van der Waals surface area contributed by atoms with Crippen molar-refractivity contribution in [2.45, 2.75) is 31.7 Å². The molecular weight excluding hydrogens is 232 g/mol. The number of nitrogens with one attached hydrogen (secondary N) is 1. The van der Waals surface area contributed by atoms with Gasteiger partial charge in [0.1, 0.15) is 0 Å².